The number of hydrogen-bond donors (Lipinski definition) is 1. The lowest BCUT2D eigenvalue weighted by atomic mass is 9.98. The number of carboxylic acid groups (broad SMARTS) is 1. The summed E-state index contributed by atoms with van der Waals surface area (Å²) in [7, 11) is 0. The lowest BCUT2D eigenvalue weighted by Gasteiger charge is -2.30. The van der Waals surface area contributed by atoms with Gasteiger partial charge in [-0.3, -0.25) is 4.79 Å². The van der Waals surface area contributed by atoms with Gasteiger partial charge in [-0.1, -0.05) is 6.08 Å². The molecule has 0 aliphatic carbocycles. The van der Waals surface area contributed by atoms with Gasteiger partial charge >= 0.3 is 5.97 Å². The highest BCUT2D eigenvalue weighted by Gasteiger charge is 2.25. The van der Waals surface area contributed by atoms with Crippen LogP contribution in [-0.4, -0.2) is 47.8 Å². The molecule has 1 N–H and O–H groups in total. The van der Waals surface area contributed by atoms with Crippen molar-refractivity contribution in [3.63, 3.8) is 0 Å². The van der Waals surface area contributed by atoms with Crippen LogP contribution in [0.5, 0.6) is 0 Å². The Balaban J connectivity index is 1.82. The third-order valence-corrected chi connectivity index (χ3v) is 7.76. The zero-order chi connectivity index (χ0) is 23.8. The Kier molecular flexibility index (Phi) is 10.1. The van der Waals surface area contributed by atoms with Gasteiger partial charge in [0.2, 0.25) is 0 Å². The molecule has 5 nitrogen and oxygen atoms in total. The second-order valence-corrected chi connectivity index (χ2v) is 11.0. The minimum Gasteiger partial charge on any atom is -0.481 e. The molecule has 7 heteroatoms. The number of likely N-dealkylation sites (tertiary alicyclic amines) is 1. The second kappa shape index (κ2) is 12.8. The van der Waals surface area contributed by atoms with Gasteiger partial charge in [-0.25, -0.2) is 0 Å². The van der Waals surface area contributed by atoms with E-state index < -0.39 is 5.97 Å². The van der Waals surface area contributed by atoms with Crippen molar-refractivity contribution in [3.8, 4) is 0 Å². The summed E-state index contributed by atoms with van der Waals surface area (Å²) in [6.07, 6.45) is 5.32. The highest BCUT2D eigenvalue weighted by molar-refractivity contribution is 7.14. The van der Waals surface area contributed by atoms with Crippen LogP contribution in [0.3, 0.4) is 0 Å². The number of hydrogen-bond acceptors (Lipinski definition) is 6. The van der Waals surface area contributed by atoms with Gasteiger partial charge in [-0.2, -0.15) is 0 Å². The number of rotatable bonds is 12. The average molecular weight is 492 g/mol. The van der Waals surface area contributed by atoms with E-state index in [4.69, 9.17) is 9.47 Å². The second-order valence-electron chi connectivity index (χ2n) is 9.15. The molecule has 0 radical (unpaired) electrons. The average Bonchev–Trinajstić information content (AvgIpc) is 3.43. The smallest absolute Gasteiger partial charge is 0.307 e. The van der Waals surface area contributed by atoms with Crippen molar-refractivity contribution in [2.75, 3.05) is 19.6 Å². The molecular formula is C26H37NO4S2. The van der Waals surface area contributed by atoms with Crippen molar-refractivity contribution >= 4 is 34.2 Å². The topological polar surface area (TPSA) is 59.0 Å². The van der Waals surface area contributed by atoms with Crippen LogP contribution < -0.4 is 0 Å². The van der Waals surface area contributed by atoms with Crippen molar-refractivity contribution in [1.82, 2.24) is 4.90 Å². The van der Waals surface area contributed by atoms with E-state index in [1.165, 1.54) is 26.5 Å². The van der Waals surface area contributed by atoms with Crippen LogP contribution in [-0.2, 0) is 27.5 Å². The molecule has 0 amide bonds. The summed E-state index contributed by atoms with van der Waals surface area (Å²) >= 11 is 3.51. The van der Waals surface area contributed by atoms with Crippen LogP contribution in [0, 0.1) is 5.92 Å². The monoisotopic (exact) mass is 491 g/mol. The predicted octanol–water partition coefficient (Wildman–Crippen LogP) is 6.28. The molecule has 1 atom stereocenters. The zero-order valence-corrected chi connectivity index (χ0v) is 21.8. The summed E-state index contributed by atoms with van der Waals surface area (Å²) in [5.74, 6) is -0.908. The zero-order valence-electron chi connectivity index (χ0n) is 20.2. The van der Waals surface area contributed by atoms with Crippen LogP contribution in [0.4, 0.5) is 0 Å². The molecule has 2 aromatic heterocycles. The summed E-state index contributed by atoms with van der Waals surface area (Å²) in [4.78, 5) is 16.2. The maximum Gasteiger partial charge on any atom is 0.307 e. The molecule has 0 unspecified atom stereocenters. The van der Waals surface area contributed by atoms with Crippen molar-refractivity contribution in [3.05, 3.63) is 49.9 Å². The van der Waals surface area contributed by atoms with Crippen LogP contribution in [0.1, 0.15) is 67.8 Å². The standard InChI is InChI=1S/C26H37NO4S2/c1-18(2)30-16-21-9-13-32-24(21)23(25-22(10-14-33-25)17-31-19(3)4)8-6-12-27-11-5-7-20(15-27)26(28)29/h8-10,13-14,18-20H,5-7,11-12,15-17H2,1-4H3,(H,28,29)/t20-/m1/s1. The van der Waals surface area contributed by atoms with Gasteiger partial charge in [0.05, 0.1) is 31.3 Å². The number of ether oxygens (including phenoxy) is 2. The lowest BCUT2D eigenvalue weighted by molar-refractivity contribution is -0.143. The first kappa shape index (κ1) is 26.1. The van der Waals surface area contributed by atoms with Gasteiger partial charge in [-0.15, -0.1) is 22.7 Å². The Bertz CT molecular complexity index is 863. The molecule has 1 aliphatic heterocycles. The summed E-state index contributed by atoms with van der Waals surface area (Å²) in [6, 6.07) is 4.33. The number of carboxylic acids is 1. The molecule has 182 valence electrons. The minimum atomic E-state index is -0.669. The quantitative estimate of drug-likeness (QED) is 0.379. The Labute approximate surface area is 206 Å². The fourth-order valence-electron chi connectivity index (χ4n) is 4.02. The molecule has 1 saturated heterocycles. The molecular weight excluding hydrogens is 454 g/mol. The number of aliphatic carboxylic acids is 1. The van der Waals surface area contributed by atoms with E-state index in [1.54, 1.807) is 22.7 Å². The molecule has 0 saturated carbocycles. The molecule has 3 heterocycles. The summed E-state index contributed by atoms with van der Waals surface area (Å²) in [5, 5.41) is 13.7. The number of carbonyl (C=O) groups is 1. The number of piperidine rings is 1. The molecule has 0 bridgehead atoms. The fourth-order valence-corrected chi connectivity index (χ4v) is 6.01. The van der Waals surface area contributed by atoms with Gasteiger partial charge in [0.1, 0.15) is 0 Å². The SMILES string of the molecule is CC(C)OCc1ccsc1C(=CCCN1CCC[C@@H](C(=O)O)C1)c1sccc1COC(C)C. The third kappa shape index (κ3) is 7.76. The molecule has 3 rings (SSSR count). The largest absolute Gasteiger partial charge is 0.481 e. The summed E-state index contributed by atoms with van der Waals surface area (Å²) < 4.78 is 11.9. The third-order valence-electron chi connectivity index (χ3n) is 5.78. The molecule has 33 heavy (non-hydrogen) atoms. The summed E-state index contributed by atoms with van der Waals surface area (Å²) in [5.41, 5.74) is 3.68. The van der Waals surface area contributed by atoms with Crippen LogP contribution in [0.25, 0.3) is 5.57 Å². The number of thiophene rings is 2. The van der Waals surface area contributed by atoms with E-state index >= 15 is 0 Å². The molecule has 2 aromatic rings. The Morgan fingerprint density at radius 1 is 1.09 bits per heavy atom. The Hall–Kier alpha value is -1.51. The molecule has 0 aromatic carbocycles. The van der Waals surface area contributed by atoms with Gasteiger partial charge in [-0.05, 0) is 87.5 Å². The van der Waals surface area contributed by atoms with Crippen LogP contribution in [0.15, 0.2) is 29.0 Å². The van der Waals surface area contributed by atoms with E-state index in [0.717, 1.165) is 32.4 Å². The fraction of sp³-hybridized carbons (Fsp3) is 0.577. The van der Waals surface area contributed by atoms with E-state index in [2.05, 4.69) is 61.6 Å². The normalized spacial score (nSPS) is 17.1. The van der Waals surface area contributed by atoms with Crippen molar-refractivity contribution in [1.29, 1.82) is 0 Å². The minimum absolute atomic E-state index is 0.184. The maximum atomic E-state index is 11.4. The molecule has 1 aliphatic rings. The lowest BCUT2D eigenvalue weighted by Crippen LogP contribution is -2.39. The van der Waals surface area contributed by atoms with E-state index in [9.17, 15) is 9.90 Å². The van der Waals surface area contributed by atoms with E-state index in [0.29, 0.717) is 19.8 Å². The highest BCUT2D eigenvalue weighted by Crippen LogP contribution is 2.37. The molecule has 0 spiro atoms. The van der Waals surface area contributed by atoms with E-state index in [1.807, 2.05) is 0 Å². The predicted molar refractivity (Wildman–Crippen MR) is 137 cm³/mol. The van der Waals surface area contributed by atoms with Gasteiger partial charge in [0.25, 0.3) is 0 Å². The van der Waals surface area contributed by atoms with Gasteiger partial charge in [0.15, 0.2) is 0 Å². The van der Waals surface area contributed by atoms with Crippen molar-refractivity contribution in [2.24, 2.45) is 5.92 Å². The molecule has 1 fully saturated rings. The number of nitrogens with zero attached hydrogens (tertiary/aromatic N) is 1. The first-order chi connectivity index (χ1) is 15.8. The Morgan fingerprint density at radius 3 is 2.18 bits per heavy atom. The van der Waals surface area contributed by atoms with Crippen molar-refractivity contribution < 1.29 is 19.4 Å². The maximum absolute atomic E-state index is 11.4. The van der Waals surface area contributed by atoms with Crippen molar-refractivity contribution in [2.45, 2.75) is 72.4 Å². The van der Waals surface area contributed by atoms with E-state index in [-0.39, 0.29) is 18.1 Å². The first-order valence-corrected chi connectivity index (χ1v) is 13.6. The van der Waals surface area contributed by atoms with Gasteiger partial charge < -0.3 is 19.5 Å². The first-order valence-electron chi connectivity index (χ1n) is 11.9. The van der Waals surface area contributed by atoms with Crippen LogP contribution in [0.2, 0.25) is 0 Å². The van der Waals surface area contributed by atoms with Crippen LogP contribution >= 0.6 is 22.7 Å². The van der Waals surface area contributed by atoms with Gasteiger partial charge in [0, 0.05) is 28.4 Å². The highest BCUT2D eigenvalue weighted by atomic mass is 32.1. The summed E-state index contributed by atoms with van der Waals surface area (Å²) in [6.45, 7) is 12.0. The Morgan fingerprint density at radius 2 is 1.67 bits per heavy atom.